The van der Waals surface area contributed by atoms with E-state index in [4.69, 9.17) is 16.6 Å². The zero-order valence-corrected chi connectivity index (χ0v) is 19.9. The first-order valence-corrected chi connectivity index (χ1v) is 11.7. The van der Waals surface area contributed by atoms with Crippen LogP contribution in [-0.4, -0.2) is 16.0 Å². The van der Waals surface area contributed by atoms with Crippen LogP contribution in [0.1, 0.15) is 22.6 Å². The Bertz CT molecular complexity index is 1440. The number of nitrogens with zero attached hydrogens (tertiary/aromatic N) is 1. The molecule has 1 amide bonds. The summed E-state index contributed by atoms with van der Waals surface area (Å²) in [5, 5.41) is 6.17. The molecule has 0 radical (unpaired) electrons. The van der Waals surface area contributed by atoms with Gasteiger partial charge >= 0.3 is 0 Å². The number of benzene rings is 4. The van der Waals surface area contributed by atoms with Gasteiger partial charge in [0.15, 0.2) is 10.7 Å². The Kier molecular flexibility index (Phi) is 6.37. The molecule has 1 heterocycles. The van der Waals surface area contributed by atoms with Gasteiger partial charge in [-0.15, -0.1) is 0 Å². The predicted molar refractivity (Wildman–Crippen MR) is 143 cm³/mol. The van der Waals surface area contributed by atoms with Gasteiger partial charge in [0.2, 0.25) is 11.8 Å². The molecule has 0 saturated heterocycles. The summed E-state index contributed by atoms with van der Waals surface area (Å²) >= 11 is 5.44. The summed E-state index contributed by atoms with van der Waals surface area (Å²) in [5.74, 6) is -0.109. The summed E-state index contributed by atoms with van der Waals surface area (Å²) < 4.78 is 5.90. The van der Waals surface area contributed by atoms with Gasteiger partial charge < -0.3 is 15.1 Å². The van der Waals surface area contributed by atoms with Crippen molar-refractivity contribution in [1.82, 2.24) is 10.3 Å². The summed E-state index contributed by atoms with van der Waals surface area (Å²) in [6, 6.07) is 32.8. The quantitative estimate of drug-likeness (QED) is 0.285. The molecular weight excluding hydrogens is 454 g/mol. The molecule has 1 aromatic heterocycles. The second-order valence-electron chi connectivity index (χ2n) is 8.27. The lowest BCUT2D eigenvalue weighted by molar-refractivity contribution is -0.120. The summed E-state index contributed by atoms with van der Waals surface area (Å²) in [5.41, 5.74) is 6.11. The van der Waals surface area contributed by atoms with Crippen LogP contribution in [0.5, 0.6) is 0 Å². The highest BCUT2D eigenvalue weighted by molar-refractivity contribution is 7.80. The summed E-state index contributed by atoms with van der Waals surface area (Å²) in [6.07, 6.45) is 0. The SMILES string of the molecule is Cc1ccc2nc(-c3ccc(NC(=S)NC(=O)C(c4ccccc4)c4ccccc4)cc3)oc2c1. The lowest BCUT2D eigenvalue weighted by Gasteiger charge is -2.18. The normalized spacial score (nSPS) is 10.9. The Hall–Kier alpha value is -4.29. The van der Waals surface area contributed by atoms with Gasteiger partial charge in [-0.1, -0.05) is 66.7 Å². The number of rotatable bonds is 5. The lowest BCUT2D eigenvalue weighted by atomic mass is 9.90. The molecule has 0 spiro atoms. The third-order valence-electron chi connectivity index (χ3n) is 5.70. The fourth-order valence-electron chi connectivity index (χ4n) is 3.98. The van der Waals surface area contributed by atoms with Crippen molar-refractivity contribution < 1.29 is 9.21 Å². The third kappa shape index (κ3) is 5.13. The Morgan fingerprint density at radius 1 is 0.857 bits per heavy atom. The molecule has 35 heavy (non-hydrogen) atoms. The smallest absolute Gasteiger partial charge is 0.238 e. The first kappa shape index (κ1) is 22.5. The molecule has 5 aromatic rings. The zero-order valence-electron chi connectivity index (χ0n) is 19.1. The number of fused-ring (bicyclic) bond motifs is 1. The van der Waals surface area contributed by atoms with Crippen LogP contribution in [0.15, 0.2) is 108 Å². The van der Waals surface area contributed by atoms with E-state index in [2.05, 4.69) is 15.6 Å². The molecule has 0 aliphatic rings. The van der Waals surface area contributed by atoms with Gasteiger partial charge in [0.25, 0.3) is 0 Å². The summed E-state index contributed by atoms with van der Waals surface area (Å²) in [7, 11) is 0. The molecule has 5 rings (SSSR count). The molecule has 0 aliphatic heterocycles. The molecule has 0 bridgehead atoms. The zero-order chi connectivity index (χ0) is 24.2. The molecule has 0 saturated carbocycles. The monoisotopic (exact) mass is 477 g/mol. The average molecular weight is 478 g/mol. The highest BCUT2D eigenvalue weighted by Gasteiger charge is 2.23. The molecule has 2 N–H and O–H groups in total. The second-order valence-corrected chi connectivity index (χ2v) is 8.67. The lowest BCUT2D eigenvalue weighted by Crippen LogP contribution is -2.37. The number of aryl methyl sites for hydroxylation is 1. The van der Waals surface area contributed by atoms with Gasteiger partial charge in [0.1, 0.15) is 5.52 Å². The second kappa shape index (κ2) is 9.91. The highest BCUT2D eigenvalue weighted by atomic mass is 32.1. The number of carbonyl (C=O) groups excluding carboxylic acids is 1. The molecule has 0 unspecified atom stereocenters. The van der Waals surface area contributed by atoms with Crippen LogP contribution in [0.4, 0.5) is 5.69 Å². The van der Waals surface area contributed by atoms with Crippen LogP contribution < -0.4 is 10.6 Å². The van der Waals surface area contributed by atoms with Crippen molar-refractivity contribution in [3.8, 4) is 11.5 Å². The number of thiocarbonyl (C=S) groups is 1. The maximum absolute atomic E-state index is 13.2. The molecule has 0 fully saturated rings. The van der Waals surface area contributed by atoms with Crippen molar-refractivity contribution in [2.24, 2.45) is 0 Å². The topological polar surface area (TPSA) is 67.2 Å². The minimum atomic E-state index is -0.470. The van der Waals surface area contributed by atoms with Crippen molar-refractivity contribution in [2.45, 2.75) is 12.8 Å². The van der Waals surface area contributed by atoms with E-state index in [1.165, 1.54) is 0 Å². The predicted octanol–water partition coefficient (Wildman–Crippen LogP) is 6.45. The van der Waals surface area contributed by atoms with E-state index in [1.807, 2.05) is 110 Å². The number of anilines is 1. The van der Waals surface area contributed by atoms with Gasteiger partial charge in [-0.05, 0) is 72.2 Å². The van der Waals surface area contributed by atoms with Crippen molar-refractivity contribution >= 4 is 40.0 Å². The molecule has 0 atom stereocenters. The number of amides is 1. The highest BCUT2D eigenvalue weighted by Crippen LogP contribution is 2.27. The molecule has 6 heteroatoms. The van der Waals surface area contributed by atoms with Crippen LogP contribution in [0.25, 0.3) is 22.6 Å². The van der Waals surface area contributed by atoms with E-state index in [-0.39, 0.29) is 11.0 Å². The van der Waals surface area contributed by atoms with Gasteiger partial charge in [0.05, 0.1) is 5.92 Å². The van der Waals surface area contributed by atoms with Crippen molar-refractivity contribution in [2.75, 3.05) is 5.32 Å². The number of oxazole rings is 1. The van der Waals surface area contributed by atoms with Crippen molar-refractivity contribution in [1.29, 1.82) is 0 Å². The largest absolute Gasteiger partial charge is 0.436 e. The Balaban J connectivity index is 1.28. The summed E-state index contributed by atoms with van der Waals surface area (Å²) in [4.78, 5) is 17.8. The van der Waals surface area contributed by atoms with Gasteiger partial charge in [-0.2, -0.15) is 0 Å². The van der Waals surface area contributed by atoms with Gasteiger partial charge in [-0.25, -0.2) is 4.98 Å². The Morgan fingerprint density at radius 3 is 2.11 bits per heavy atom. The van der Waals surface area contributed by atoms with E-state index in [1.54, 1.807) is 0 Å². The third-order valence-corrected chi connectivity index (χ3v) is 5.90. The van der Waals surface area contributed by atoms with Crippen LogP contribution in [-0.2, 0) is 4.79 Å². The minimum absolute atomic E-state index is 0.196. The van der Waals surface area contributed by atoms with Crippen LogP contribution in [0.3, 0.4) is 0 Å². The van der Waals surface area contributed by atoms with E-state index in [0.717, 1.165) is 39.0 Å². The Labute approximate surface area is 208 Å². The number of hydrogen-bond acceptors (Lipinski definition) is 4. The maximum Gasteiger partial charge on any atom is 0.238 e. The molecule has 0 aliphatic carbocycles. The summed E-state index contributed by atoms with van der Waals surface area (Å²) in [6.45, 7) is 2.02. The van der Waals surface area contributed by atoms with E-state index in [0.29, 0.717) is 5.89 Å². The number of aromatic nitrogens is 1. The van der Waals surface area contributed by atoms with Crippen LogP contribution in [0, 0.1) is 6.92 Å². The fourth-order valence-corrected chi connectivity index (χ4v) is 4.20. The first-order valence-electron chi connectivity index (χ1n) is 11.3. The standard InChI is InChI=1S/C29H23N3O2S/c1-19-12-17-24-25(18-19)34-28(31-24)22-13-15-23(16-14-22)30-29(35)32-27(33)26(20-8-4-2-5-9-20)21-10-6-3-7-11-21/h2-18,26H,1H3,(H2,30,32,33,35). The molecule has 172 valence electrons. The van der Waals surface area contributed by atoms with Crippen LogP contribution in [0.2, 0.25) is 0 Å². The number of hydrogen-bond donors (Lipinski definition) is 2. The molecule has 4 aromatic carbocycles. The van der Waals surface area contributed by atoms with Gasteiger partial charge in [-0.3, -0.25) is 4.79 Å². The first-order chi connectivity index (χ1) is 17.1. The van der Waals surface area contributed by atoms with E-state index >= 15 is 0 Å². The van der Waals surface area contributed by atoms with Gasteiger partial charge in [0, 0.05) is 11.3 Å². The minimum Gasteiger partial charge on any atom is -0.436 e. The average Bonchev–Trinajstić information content (AvgIpc) is 3.29. The number of carbonyl (C=O) groups is 1. The Morgan fingerprint density at radius 2 is 1.49 bits per heavy atom. The molecule has 5 nitrogen and oxygen atoms in total. The fraction of sp³-hybridized carbons (Fsp3) is 0.0690. The van der Waals surface area contributed by atoms with Crippen molar-refractivity contribution in [3.05, 3.63) is 120 Å². The van der Waals surface area contributed by atoms with E-state index in [9.17, 15) is 4.79 Å². The van der Waals surface area contributed by atoms with E-state index < -0.39 is 5.92 Å². The number of nitrogens with one attached hydrogen (secondary N) is 2. The van der Waals surface area contributed by atoms with Crippen LogP contribution >= 0.6 is 12.2 Å². The van der Waals surface area contributed by atoms with Crippen molar-refractivity contribution in [3.63, 3.8) is 0 Å². The maximum atomic E-state index is 13.2. The molecular formula is C29H23N3O2S.